The Bertz CT molecular complexity index is 388. The normalized spacial score (nSPS) is 12.4. The van der Waals surface area contributed by atoms with E-state index >= 15 is 0 Å². The molecule has 1 aromatic rings. The minimum absolute atomic E-state index is 0.192. The summed E-state index contributed by atoms with van der Waals surface area (Å²) in [6.45, 7) is 4.04. The second-order valence-corrected chi connectivity index (χ2v) is 4.65. The fourth-order valence-corrected chi connectivity index (χ4v) is 2.04. The van der Waals surface area contributed by atoms with E-state index in [1.165, 1.54) is 4.90 Å². The van der Waals surface area contributed by atoms with Gasteiger partial charge in [-0.25, -0.2) is 0 Å². The Hall–Kier alpha value is -1.01. The van der Waals surface area contributed by atoms with Crippen LogP contribution in [0.5, 0.6) is 0 Å². The third-order valence-corrected chi connectivity index (χ3v) is 2.76. The summed E-state index contributed by atoms with van der Waals surface area (Å²) in [6, 6.07) is 1.82. The van der Waals surface area contributed by atoms with Crippen molar-refractivity contribution in [1.29, 1.82) is 0 Å². The third-order valence-electron chi connectivity index (χ3n) is 2.76. The summed E-state index contributed by atoms with van der Waals surface area (Å²) in [7, 11) is 1.82. The van der Waals surface area contributed by atoms with E-state index in [4.69, 9.17) is 4.42 Å². The van der Waals surface area contributed by atoms with Gasteiger partial charge in [0, 0.05) is 12.1 Å². The summed E-state index contributed by atoms with van der Waals surface area (Å²) in [6.07, 6.45) is -3.50. The molecule has 0 aromatic carbocycles. The van der Waals surface area contributed by atoms with Crippen molar-refractivity contribution in [3.63, 3.8) is 0 Å². The topological polar surface area (TPSA) is 28.4 Å². The minimum Gasteiger partial charge on any atom is -0.465 e. The van der Waals surface area contributed by atoms with E-state index < -0.39 is 12.7 Å². The Morgan fingerprint density at radius 1 is 1.37 bits per heavy atom. The molecule has 0 unspecified atom stereocenters. The maximum absolute atomic E-state index is 12.5. The van der Waals surface area contributed by atoms with Gasteiger partial charge in [-0.15, -0.1) is 0 Å². The van der Waals surface area contributed by atoms with Gasteiger partial charge in [-0.1, -0.05) is 6.92 Å². The van der Waals surface area contributed by atoms with Crippen LogP contribution in [0.2, 0.25) is 0 Å². The lowest BCUT2D eigenvalue weighted by molar-refractivity contribution is -0.147. The Morgan fingerprint density at radius 3 is 2.58 bits per heavy atom. The van der Waals surface area contributed by atoms with Crippen molar-refractivity contribution in [2.45, 2.75) is 39.5 Å². The van der Waals surface area contributed by atoms with E-state index in [1.807, 2.05) is 27.0 Å². The van der Waals surface area contributed by atoms with Gasteiger partial charge in [0.1, 0.15) is 11.5 Å². The molecule has 0 atom stereocenters. The van der Waals surface area contributed by atoms with Crippen LogP contribution in [0.3, 0.4) is 0 Å². The van der Waals surface area contributed by atoms with E-state index in [9.17, 15) is 13.2 Å². The maximum Gasteiger partial charge on any atom is 0.401 e. The van der Waals surface area contributed by atoms with Gasteiger partial charge in [0.25, 0.3) is 0 Å². The molecule has 0 saturated carbocycles. The van der Waals surface area contributed by atoms with Gasteiger partial charge in [0.2, 0.25) is 0 Å². The first-order valence-corrected chi connectivity index (χ1v) is 6.37. The lowest BCUT2D eigenvalue weighted by atomic mass is 10.2. The van der Waals surface area contributed by atoms with Gasteiger partial charge in [-0.2, -0.15) is 13.2 Å². The molecule has 0 radical (unpaired) electrons. The fraction of sp³-hybridized carbons (Fsp3) is 0.692. The first-order valence-electron chi connectivity index (χ1n) is 6.37. The fourth-order valence-electron chi connectivity index (χ4n) is 2.04. The number of aryl methyl sites for hydroxylation is 1. The molecule has 0 saturated heterocycles. The van der Waals surface area contributed by atoms with Gasteiger partial charge in [0.15, 0.2) is 0 Å². The van der Waals surface area contributed by atoms with Crippen LogP contribution in [0.15, 0.2) is 10.5 Å². The van der Waals surface area contributed by atoms with E-state index in [-0.39, 0.29) is 6.54 Å². The summed E-state index contributed by atoms with van der Waals surface area (Å²) < 4.78 is 42.9. The zero-order valence-electron chi connectivity index (χ0n) is 11.6. The van der Waals surface area contributed by atoms with Gasteiger partial charge in [-0.05, 0) is 33.0 Å². The van der Waals surface area contributed by atoms with Crippen molar-refractivity contribution >= 4 is 0 Å². The number of nitrogens with one attached hydrogen (secondary N) is 1. The maximum atomic E-state index is 12.5. The van der Waals surface area contributed by atoms with Gasteiger partial charge >= 0.3 is 6.18 Å². The van der Waals surface area contributed by atoms with Crippen molar-refractivity contribution in [2.24, 2.45) is 0 Å². The number of hydrogen-bond donors (Lipinski definition) is 1. The van der Waals surface area contributed by atoms with Gasteiger partial charge in [-0.3, -0.25) is 4.90 Å². The molecule has 0 fully saturated rings. The van der Waals surface area contributed by atoms with E-state index in [0.717, 1.165) is 11.3 Å². The van der Waals surface area contributed by atoms with Gasteiger partial charge in [0.05, 0.1) is 13.1 Å². The lowest BCUT2D eigenvalue weighted by Crippen LogP contribution is -2.34. The molecule has 1 rings (SSSR count). The molecular formula is C13H21F3N2O. The second kappa shape index (κ2) is 6.96. The van der Waals surface area contributed by atoms with Crippen LogP contribution in [-0.4, -0.2) is 31.2 Å². The van der Waals surface area contributed by atoms with Crippen molar-refractivity contribution < 1.29 is 17.6 Å². The summed E-state index contributed by atoms with van der Waals surface area (Å²) in [5.74, 6) is 1.34. The smallest absolute Gasteiger partial charge is 0.401 e. The third kappa shape index (κ3) is 5.65. The summed E-state index contributed by atoms with van der Waals surface area (Å²) in [5.41, 5.74) is 0.987. The number of halogens is 3. The van der Waals surface area contributed by atoms with Crippen molar-refractivity contribution in [1.82, 2.24) is 10.2 Å². The van der Waals surface area contributed by atoms with Crippen LogP contribution < -0.4 is 5.32 Å². The molecular weight excluding hydrogens is 257 g/mol. The number of nitrogens with zero attached hydrogens (tertiary/aromatic N) is 1. The zero-order valence-corrected chi connectivity index (χ0v) is 11.6. The average molecular weight is 278 g/mol. The highest BCUT2D eigenvalue weighted by atomic mass is 19.4. The molecule has 6 heteroatoms. The Balaban J connectivity index is 2.70. The van der Waals surface area contributed by atoms with Crippen LogP contribution in [0.1, 0.15) is 30.4 Å². The summed E-state index contributed by atoms with van der Waals surface area (Å²) in [4.78, 5) is 1.36. The van der Waals surface area contributed by atoms with Crippen molar-refractivity contribution in [3.05, 3.63) is 23.2 Å². The van der Waals surface area contributed by atoms with Crippen LogP contribution in [0, 0.1) is 6.92 Å². The quantitative estimate of drug-likeness (QED) is 0.831. The standard InChI is InChI=1S/C13H21F3N2O/c1-4-5-18(9-13(14,15)16)8-12-6-11(7-17-3)10(2)19-12/h6,17H,4-5,7-9H2,1-3H3. The molecule has 3 nitrogen and oxygen atoms in total. The molecule has 0 spiro atoms. The molecule has 1 N–H and O–H groups in total. The van der Waals surface area contributed by atoms with Gasteiger partial charge < -0.3 is 9.73 Å². The number of furan rings is 1. The van der Waals surface area contributed by atoms with Crippen LogP contribution >= 0.6 is 0 Å². The molecule has 110 valence electrons. The molecule has 0 amide bonds. The van der Waals surface area contributed by atoms with Crippen molar-refractivity contribution in [3.8, 4) is 0 Å². The van der Waals surface area contributed by atoms with Crippen LogP contribution in [0.25, 0.3) is 0 Å². The molecule has 0 aliphatic carbocycles. The molecule has 1 heterocycles. The largest absolute Gasteiger partial charge is 0.465 e. The number of rotatable bonds is 7. The second-order valence-electron chi connectivity index (χ2n) is 4.65. The molecule has 1 aromatic heterocycles. The Labute approximate surface area is 111 Å². The Morgan fingerprint density at radius 2 is 2.05 bits per heavy atom. The van der Waals surface area contributed by atoms with E-state index in [0.29, 0.717) is 25.3 Å². The number of hydrogen-bond acceptors (Lipinski definition) is 3. The highest BCUT2D eigenvalue weighted by Crippen LogP contribution is 2.20. The van der Waals surface area contributed by atoms with E-state index in [1.54, 1.807) is 0 Å². The predicted octanol–water partition coefficient (Wildman–Crippen LogP) is 3.08. The first-order chi connectivity index (χ1) is 8.85. The van der Waals surface area contributed by atoms with Crippen molar-refractivity contribution in [2.75, 3.05) is 20.1 Å². The average Bonchev–Trinajstić information content (AvgIpc) is 2.57. The highest BCUT2D eigenvalue weighted by Gasteiger charge is 2.30. The molecule has 0 aliphatic rings. The minimum atomic E-state index is -4.18. The monoisotopic (exact) mass is 278 g/mol. The van der Waals surface area contributed by atoms with Crippen LogP contribution in [0.4, 0.5) is 13.2 Å². The zero-order chi connectivity index (χ0) is 14.5. The summed E-state index contributed by atoms with van der Waals surface area (Å²) in [5, 5.41) is 3.00. The summed E-state index contributed by atoms with van der Waals surface area (Å²) >= 11 is 0. The molecule has 19 heavy (non-hydrogen) atoms. The highest BCUT2D eigenvalue weighted by molar-refractivity contribution is 5.20. The first kappa shape index (κ1) is 16.0. The lowest BCUT2D eigenvalue weighted by Gasteiger charge is -2.21. The SMILES string of the molecule is CCCN(Cc1cc(CNC)c(C)o1)CC(F)(F)F. The molecule has 0 bridgehead atoms. The Kier molecular flexibility index (Phi) is 5.87. The molecule has 0 aliphatic heterocycles. The van der Waals surface area contributed by atoms with E-state index in [2.05, 4.69) is 5.32 Å². The predicted molar refractivity (Wildman–Crippen MR) is 67.8 cm³/mol. The number of alkyl halides is 3. The van der Waals surface area contributed by atoms with Crippen LogP contribution in [-0.2, 0) is 13.1 Å².